The van der Waals surface area contributed by atoms with Crippen LogP contribution in [0.3, 0.4) is 0 Å². The van der Waals surface area contributed by atoms with Crippen LogP contribution in [-0.2, 0) is 4.79 Å². The number of hydrogen-bond acceptors (Lipinski definition) is 2. The molecule has 0 aliphatic carbocycles. The maximum absolute atomic E-state index is 9.64. The minimum atomic E-state index is 0.0718. The van der Waals surface area contributed by atoms with Gasteiger partial charge < -0.3 is 5.73 Å². The zero-order valence-electron chi connectivity index (χ0n) is 4.22. The molecular formula is C4H8N2O. The van der Waals surface area contributed by atoms with E-state index in [1.165, 1.54) is 0 Å². The van der Waals surface area contributed by atoms with Gasteiger partial charge in [-0.2, -0.15) is 0 Å². The molecule has 7 heavy (non-hydrogen) atoms. The Bertz CT molecular complexity index is 87.7. The lowest BCUT2D eigenvalue weighted by Gasteiger charge is -1.81. The summed E-state index contributed by atoms with van der Waals surface area (Å²) in [5, 5.41) is 0. The number of aliphatic imine (C=N–C) groups is 1. The van der Waals surface area contributed by atoms with Crippen molar-refractivity contribution in [2.45, 2.75) is 6.92 Å². The summed E-state index contributed by atoms with van der Waals surface area (Å²) in [6.07, 6.45) is 0.531. The molecule has 0 radical (unpaired) electrons. The van der Waals surface area contributed by atoms with Gasteiger partial charge in [-0.1, -0.05) is 0 Å². The summed E-state index contributed by atoms with van der Waals surface area (Å²) in [6.45, 7) is 2.39. The van der Waals surface area contributed by atoms with E-state index in [1.807, 2.05) is 6.92 Å². The molecule has 0 spiro atoms. The van der Waals surface area contributed by atoms with Gasteiger partial charge in [0.2, 0.25) is 0 Å². The van der Waals surface area contributed by atoms with Crippen LogP contribution in [0, 0.1) is 0 Å². The molecule has 2 N–H and O–H groups in total. The summed E-state index contributed by atoms with van der Waals surface area (Å²) in [7, 11) is 0. The van der Waals surface area contributed by atoms with E-state index < -0.39 is 0 Å². The van der Waals surface area contributed by atoms with Gasteiger partial charge >= 0.3 is 0 Å². The molecule has 40 valence electrons. The summed E-state index contributed by atoms with van der Waals surface area (Å²) in [4.78, 5) is 13.2. The Labute approximate surface area is 42.2 Å². The summed E-state index contributed by atoms with van der Waals surface area (Å²) >= 11 is 0. The zero-order valence-corrected chi connectivity index (χ0v) is 4.22. The number of carbonyl (C=O) groups excluding carboxylic acids is 1. The third-order valence-electron chi connectivity index (χ3n) is 0.461. The molecular weight excluding hydrogens is 92.1 g/mol. The number of hydrogen-bond donors (Lipinski definition) is 1. The third-order valence-corrected chi connectivity index (χ3v) is 0.461. The molecule has 3 nitrogen and oxygen atoms in total. The average Bonchev–Trinajstić information content (AvgIpc) is 1.68. The van der Waals surface area contributed by atoms with Crippen LogP contribution in [0.2, 0.25) is 0 Å². The maximum Gasteiger partial charge on any atom is 0.184 e. The van der Waals surface area contributed by atoms with Gasteiger partial charge in [-0.25, -0.2) is 0 Å². The van der Waals surface area contributed by atoms with Gasteiger partial charge in [-0.3, -0.25) is 9.79 Å². The molecule has 0 unspecified atom stereocenters. The Morgan fingerprint density at radius 3 is 2.71 bits per heavy atom. The Morgan fingerprint density at radius 2 is 2.57 bits per heavy atom. The predicted octanol–water partition coefficient (Wildman–Crippen LogP) is -0.438. The van der Waals surface area contributed by atoms with Crippen molar-refractivity contribution in [3.63, 3.8) is 0 Å². The van der Waals surface area contributed by atoms with Crippen LogP contribution in [-0.4, -0.2) is 18.7 Å². The van der Waals surface area contributed by atoms with Crippen LogP contribution in [0.5, 0.6) is 0 Å². The molecule has 0 atom stereocenters. The zero-order chi connectivity index (χ0) is 5.70. The second kappa shape index (κ2) is 3.33. The molecule has 0 aliphatic rings. The summed E-state index contributed by atoms with van der Waals surface area (Å²) in [5.74, 6) is 0.0718. The van der Waals surface area contributed by atoms with E-state index in [4.69, 9.17) is 5.73 Å². The fourth-order valence-electron chi connectivity index (χ4n) is 0.220. The van der Waals surface area contributed by atoms with Gasteiger partial charge in [0.05, 0.1) is 0 Å². The van der Waals surface area contributed by atoms with E-state index in [0.29, 0.717) is 12.8 Å². The van der Waals surface area contributed by atoms with Crippen molar-refractivity contribution >= 4 is 12.1 Å². The number of amidine groups is 1. The van der Waals surface area contributed by atoms with Gasteiger partial charge in [-0.15, -0.1) is 0 Å². The van der Waals surface area contributed by atoms with E-state index >= 15 is 0 Å². The van der Waals surface area contributed by atoms with Crippen molar-refractivity contribution in [1.82, 2.24) is 0 Å². The molecule has 0 rings (SSSR count). The highest BCUT2D eigenvalue weighted by atomic mass is 16.1. The van der Waals surface area contributed by atoms with Crippen molar-refractivity contribution in [2.75, 3.05) is 6.54 Å². The van der Waals surface area contributed by atoms with Gasteiger partial charge in [0, 0.05) is 6.54 Å². The number of nitrogens with two attached hydrogens (primary N) is 1. The smallest absolute Gasteiger partial charge is 0.184 e. The highest BCUT2D eigenvalue weighted by Gasteiger charge is 1.78. The van der Waals surface area contributed by atoms with Gasteiger partial charge in [-0.05, 0) is 6.92 Å². The average molecular weight is 100 g/mol. The molecule has 0 amide bonds. The monoisotopic (exact) mass is 100 g/mol. The minimum Gasteiger partial charge on any atom is -0.381 e. The van der Waals surface area contributed by atoms with E-state index in [9.17, 15) is 4.79 Å². The Morgan fingerprint density at radius 1 is 2.00 bits per heavy atom. The van der Waals surface area contributed by atoms with Crippen molar-refractivity contribution in [3.8, 4) is 0 Å². The normalized spacial score (nSPS) is 11.3. The first kappa shape index (κ1) is 6.14. The predicted molar refractivity (Wildman–Crippen MR) is 28.2 cm³/mol. The first-order chi connectivity index (χ1) is 3.31. The van der Waals surface area contributed by atoms with Crippen LogP contribution in [0.15, 0.2) is 4.99 Å². The minimum absolute atomic E-state index is 0.0718. The largest absolute Gasteiger partial charge is 0.381 e. The van der Waals surface area contributed by atoms with Crippen LogP contribution < -0.4 is 5.73 Å². The van der Waals surface area contributed by atoms with Crippen molar-refractivity contribution in [3.05, 3.63) is 0 Å². The molecule has 0 aromatic heterocycles. The standard InChI is InChI=1S/C4H8N2O/c1-2-6-4(5)3-7/h3H,2H2,1H3,(H2,5,6). The van der Waals surface area contributed by atoms with Gasteiger partial charge in [0.25, 0.3) is 0 Å². The molecule has 0 fully saturated rings. The van der Waals surface area contributed by atoms with E-state index in [-0.39, 0.29) is 5.84 Å². The lowest BCUT2D eigenvalue weighted by molar-refractivity contribution is -0.102. The van der Waals surface area contributed by atoms with Crippen LogP contribution in [0.25, 0.3) is 0 Å². The van der Waals surface area contributed by atoms with E-state index in [0.717, 1.165) is 0 Å². The lowest BCUT2D eigenvalue weighted by atomic mass is 10.6. The van der Waals surface area contributed by atoms with Gasteiger partial charge in [0.15, 0.2) is 12.1 Å². The van der Waals surface area contributed by atoms with E-state index in [2.05, 4.69) is 4.99 Å². The Balaban J connectivity index is 3.49. The molecule has 0 bridgehead atoms. The molecule has 0 aromatic carbocycles. The summed E-state index contributed by atoms with van der Waals surface area (Å²) < 4.78 is 0. The lowest BCUT2D eigenvalue weighted by Crippen LogP contribution is -2.12. The fourth-order valence-corrected chi connectivity index (χ4v) is 0.220. The number of rotatable bonds is 2. The Hall–Kier alpha value is -0.860. The molecule has 0 saturated carbocycles. The first-order valence-corrected chi connectivity index (χ1v) is 2.06. The second-order valence-corrected chi connectivity index (χ2v) is 1.02. The van der Waals surface area contributed by atoms with Crippen molar-refractivity contribution in [2.24, 2.45) is 10.7 Å². The maximum atomic E-state index is 9.64. The molecule has 0 aliphatic heterocycles. The number of aldehydes is 1. The quantitative estimate of drug-likeness (QED) is 0.290. The number of nitrogens with zero attached hydrogens (tertiary/aromatic N) is 1. The van der Waals surface area contributed by atoms with Crippen LogP contribution >= 0.6 is 0 Å². The SMILES string of the molecule is CCN=C(N)C=O. The molecule has 0 aromatic rings. The highest BCUT2D eigenvalue weighted by Crippen LogP contribution is 1.62. The van der Waals surface area contributed by atoms with Crippen LogP contribution in [0.4, 0.5) is 0 Å². The Kier molecular flexibility index (Phi) is 2.92. The highest BCUT2D eigenvalue weighted by molar-refractivity contribution is 6.26. The van der Waals surface area contributed by atoms with Crippen molar-refractivity contribution < 1.29 is 4.79 Å². The summed E-state index contributed by atoms with van der Waals surface area (Å²) in [5.41, 5.74) is 4.97. The first-order valence-electron chi connectivity index (χ1n) is 2.06. The summed E-state index contributed by atoms with van der Waals surface area (Å²) in [6, 6.07) is 0. The molecule has 3 heteroatoms. The number of carbonyl (C=O) groups is 1. The molecule has 0 saturated heterocycles. The molecule has 0 heterocycles. The van der Waals surface area contributed by atoms with Gasteiger partial charge in [0.1, 0.15) is 0 Å². The third kappa shape index (κ3) is 2.96. The second-order valence-electron chi connectivity index (χ2n) is 1.02. The van der Waals surface area contributed by atoms with Crippen LogP contribution in [0.1, 0.15) is 6.92 Å². The fraction of sp³-hybridized carbons (Fsp3) is 0.500. The van der Waals surface area contributed by atoms with E-state index in [1.54, 1.807) is 0 Å². The topological polar surface area (TPSA) is 55.4 Å². The van der Waals surface area contributed by atoms with Crippen molar-refractivity contribution in [1.29, 1.82) is 0 Å².